The van der Waals surface area contributed by atoms with Gasteiger partial charge in [-0.2, -0.15) is 0 Å². The number of hydrogen-bond donors (Lipinski definition) is 2. The normalized spacial score (nSPS) is 22.7. The van der Waals surface area contributed by atoms with Crippen LogP contribution in [0.1, 0.15) is 16.1 Å². The van der Waals surface area contributed by atoms with Crippen LogP contribution in [0.25, 0.3) is 11.0 Å². The summed E-state index contributed by atoms with van der Waals surface area (Å²) in [6, 6.07) is 5.55. The summed E-state index contributed by atoms with van der Waals surface area (Å²) in [4.78, 5) is 13.8. The maximum absolute atomic E-state index is 12.4. The maximum atomic E-state index is 12.4. The summed E-state index contributed by atoms with van der Waals surface area (Å²) in [5, 5.41) is 19.9. The molecule has 3 rings (SSSR count). The first-order chi connectivity index (χ1) is 9.47. The van der Waals surface area contributed by atoms with Crippen molar-refractivity contribution in [3.8, 4) is 0 Å². The molecule has 2 N–H and O–H groups in total. The lowest BCUT2D eigenvalue weighted by atomic mass is 10.1. The average molecular weight is 340 g/mol. The maximum Gasteiger partial charge on any atom is 0.290 e. The van der Waals surface area contributed by atoms with Crippen molar-refractivity contribution in [1.29, 1.82) is 0 Å². The van der Waals surface area contributed by atoms with E-state index in [1.165, 1.54) is 4.90 Å². The summed E-state index contributed by atoms with van der Waals surface area (Å²) in [6.45, 7) is 2.08. The van der Waals surface area contributed by atoms with Gasteiger partial charge in [0.25, 0.3) is 5.91 Å². The third-order valence-corrected chi connectivity index (χ3v) is 4.13. The number of rotatable bonds is 1. The number of furan rings is 1. The lowest BCUT2D eigenvalue weighted by molar-refractivity contribution is 0.0572. The van der Waals surface area contributed by atoms with E-state index < -0.39 is 12.2 Å². The second-order valence-electron chi connectivity index (χ2n) is 5.04. The van der Waals surface area contributed by atoms with E-state index in [9.17, 15) is 15.0 Å². The summed E-state index contributed by atoms with van der Waals surface area (Å²) < 4.78 is 6.54. The summed E-state index contributed by atoms with van der Waals surface area (Å²) in [5.74, 6) is -0.0372. The van der Waals surface area contributed by atoms with Crippen LogP contribution in [0, 0.1) is 6.92 Å². The van der Waals surface area contributed by atoms with E-state index in [-0.39, 0.29) is 24.8 Å². The summed E-state index contributed by atoms with van der Waals surface area (Å²) >= 11 is 3.39. The first-order valence-corrected chi connectivity index (χ1v) is 7.10. The minimum absolute atomic E-state index is 0.125. The van der Waals surface area contributed by atoms with Gasteiger partial charge in [-0.25, -0.2) is 0 Å². The van der Waals surface area contributed by atoms with Crippen molar-refractivity contribution in [2.45, 2.75) is 19.1 Å². The molecular weight excluding hydrogens is 326 g/mol. The SMILES string of the molecule is Cc1c(C(=O)N2C[C@@H](O)[C@@H](O)C2)oc2ccc(Br)cc12. The first kappa shape index (κ1) is 13.6. The van der Waals surface area contributed by atoms with E-state index in [2.05, 4.69) is 15.9 Å². The lowest BCUT2D eigenvalue weighted by Gasteiger charge is -2.13. The second kappa shape index (κ2) is 4.87. The monoisotopic (exact) mass is 339 g/mol. The van der Waals surface area contributed by atoms with Crippen LogP contribution in [0.5, 0.6) is 0 Å². The van der Waals surface area contributed by atoms with Gasteiger partial charge in [-0.15, -0.1) is 0 Å². The zero-order valence-corrected chi connectivity index (χ0v) is 12.4. The molecule has 106 valence electrons. The molecule has 2 heterocycles. The highest BCUT2D eigenvalue weighted by molar-refractivity contribution is 9.10. The molecule has 0 saturated carbocycles. The summed E-state index contributed by atoms with van der Waals surface area (Å²) in [7, 11) is 0. The number of fused-ring (bicyclic) bond motifs is 1. The van der Waals surface area contributed by atoms with Crippen LogP contribution >= 0.6 is 15.9 Å². The van der Waals surface area contributed by atoms with Gasteiger partial charge in [-0.3, -0.25) is 4.79 Å². The molecule has 1 aromatic heterocycles. The molecule has 1 saturated heterocycles. The van der Waals surface area contributed by atoms with E-state index in [0.29, 0.717) is 5.58 Å². The smallest absolute Gasteiger partial charge is 0.290 e. The third-order valence-electron chi connectivity index (χ3n) is 3.64. The van der Waals surface area contributed by atoms with E-state index in [1.54, 1.807) is 6.07 Å². The zero-order chi connectivity index (χ0) is 14.4. The molecule has 2 atom stereocenters. The molecule has 5 nitrogen and oxygen atoms in total. The molecule has 0 spiro atoms. The molecule has 0 unspecified atom stereocenters. The number of hydrogen-bond acceptors (Lipinski definition) is 4. The number of aryl methyl sites for hydroxylation is 1. The van der Waals surface area contributed by atoms with Gasteiger partial charge in [0.05, 0.1) is 12.2 Å². The summed E-state index contributed by atoms with van der Waals surface area (Å²) in [5.41, 5.74) is 1.41. The Morgan fingerprint density at radius 2 is 2.00 bits per heavy atom. The Morgan fingerprint density at radius 1 is 1.35 bits per heavy atom. The Hall–Kier alpha value is -1.37. The standard InChI is InChI=1S/C14H14BrNO4/c1-7-9-4-8(15)2-3-12(9)20-13(7)14(19)16-5-10(17)11(18)6-16/h2-4,10-11,17-18H,5-6H2,1H3/t10-,11+. The molecule has 0 radical (unpaired) electrons. The van der Waals surface area contributed by atoms with Crippen LogP contribution in [-0.4, -0.2) is 46.3 Å². The molecule has 1 aliphatic rings. The highest BCUT2D eigenvalue weighted by Crippen LogP contribution is 2.29. The number of β-amino-alcohol motifs (C(OH)–C–C–N with tert-alkyl or cyclic N) is 2. The number of aliphatic hydroxyl groups excluding tert-OH is 2. The Kier molecular flexibility index (Phi) is 3.32. The quantitative estimate of drug-likeness (QED) is 0.828. The van der Waals surface area contributed by atoms with Crippen LogP contribution in [0.4, 0.5) is 0 Å². The zero-order valence-electron chi connectivity index (χ0n) is 10.8. The Balaban J connectivity index is 1.98. The van der Waals surface area contributed by atoms with Crippen molar-refractivity contribution >= 4 is 32.8 Å². The Bertz CT molecular complexity index is 671. The van der Waals surface area contributed by atoms with Gasteiger partial charge in [-0.1, -0.05) is 15.9 Å². The van der Waals surface area contributed by atoms with E-state index in [0.717, 1.165) is 15.4 Å². The van der Waals surface area contributed by atoms with Gasteiger partial charge in [0, 0.05) is 28.5 Å². The predicted molar refractivity (Wildman–Crippen MR) is 76.6 cm³/mol. The van der Waals surface area contributed by atoms with Gasteiger partial charge in [0.2, 0.25) is 0 Å². The van der Waals surface area contributed by atoms with Crippen molar-refractivity contribution in [1.82, 2.24) is 4.90 Å². The first-order valence-electron chi connectivity index (χ1n) is 6.31. The molecule has 6 heteroatoms. The number of benzene rings is 1. The molecule has 1 amide bonds. The number of carbonyl (C=O) groups excluding carboxylic acids is 1. The van der Waals surface area contributed by atoms with Crippen LogP contribution in [-0.2, 0) is 0 Å². The fourth-order valence-corrected chi connectivity index (χ4v) is 2.84. The minimum atomic E-state index is -0.891. The molecule has 20 heavy (non-hydrogen) atoms. The fraction of sp³-hybridized carbons (Fsp3) is 0.357. The van der Waals surface area contributed by atoms with Gasteiger partial charge in [-0.05, 0) is 25.1 Å². The Morgan fingerprint density at radius 3 is 2.65 bits per heavy atom. The van der Waals surface area contributed by atoms with Gasteiger partial charge in [0.15, 0.2) is 5.76 Å². The highest BCUT2D eigenvalue weighted by Gasteiger charge is 2.35. The van der Waals surface area contributed by atoms with Crippen molar-refractivity contribution in [2.75, 3.05) is 13.1 Å². The molecule has 1 aromatic carbocycles. The third kappa shape index (κ3) is 2.13. The van der Waals surface area contributed by atoms with Crippen LogP contribution < -0.4 is 0 Å². The fourth-order valence-electron chi connectivity index (χ4n) is 2.48. The molecule has 1 aliphatic heterocycles. The van der Waals surface area contributed by atoms with Crippen molar-refractivity contribution in [3.05, 3.63) is 34.0 Å². The highest BCUT2D eigenvalue weighted by atomic mass is 79.9. The summed E-state index contributed by atoms with van der Waals surface area (Å²) in [6.07, 6.45) is -1.78. The number of aliphatic hydroxyl groups is 2. The molecular formula is C14H14BrNO4. The Labute approximate surface area is 123 Å². The molecule has 0 aliphatic carbocycles. The van der Waals surface area contributed by atoms with Crippen LogP contribution in [0.15, 0.2) is 27.1 Å². The van der Waals surface area contributed by atoms with E-state index >= 15 is 0 Å². The minimum Gasteiger partial charge on any atom is -0.451 e. The van der Waals surface area contributed by atoms with Gasteiger partial charge < -0.3 is 19.5 Å². The van der Waals surface area contributed by atoms with Crippen molar-refractivity contribution in [2.24, 2.45) is 0 Å². The van der Waals surface area contributed by atoms with E-state index in [4.69, 9.17) is 4.42 Å². The largest absolute Gasteiger partial charge is 0.451 e. The number of carbonyl (C=O) groups is 1. The topological polar surface area (TPSA) is 73.9 Å². The number of halogens is 1. The second-order valence-corrected chi connectivity index (χ2v) is 5.96. The molecule has 2 aromatic rings. The number of amides is 1. The van der Waals surface area contributed by atoms with Crippen molar-refractivity contribution < 1.29 is 19.4 Å². The molecule has 1 fully saturated rings. The van der Waals surface area contributed by atoms with Crippen molar-refractivity contribution in [3.63, 3.8) is 0 Å². The molecule has 0 bridgehead atoms. The van der Waals surface area contributed by atoms with Gasteiger partial charge in [0.1, 0.15) is 5.58 Å². The lowest BCUT2D eigenvalue weighted by Crippen LogP contribution is -2.29. The van der Waals surface area contributed by atoms with E-state index in [1.807, 2.05) is 19.1 Å². The van der Waals surface area contributed by atoms with Crippen LogP contribution in [0.3, 0.4) is 0 Å². The van der Waals surface area contributed by atoms with Gasteiger partial charge >= 0.3 is 0 Å². The average Bonchev–Trinajstić information content (AvgIpc) is 2.91. The predicted octanol–water partition coefficient (Wildman–Crippen LogP) is 1.68. The number of likely N-dealkylation sites (tertiary alicyclic amines) is 1. The number of nitrogens with zero attached hydrogens (tertiary/aromatic N) is 1. The van der Waals surface area contributed by atoms with Crippen LogP contribution in [0.2, 0.25) is 0 Å².